The summed E-state index contributed by atoms with van der Waals surface area (Å²) in [5.74, 6) is 0.785. The largest absolute Gasteiger partial charge is 0.481 e. The van der Waals surface area contributed by atoms with Gasteiger partial charge >= 0.3 is 5.97 Å². The van der Waals surface area contributed by atoms with Crippen molar-refractivity contribution in [2.45, 2.75) is 58.4 Å². The van der Waals surface area contributed by atoms with Crippen molar-refractivity contribution in [2.75, 3.05) is 0 Å². The second-order valence-corrected chi connectivity index (χ2v) is 5.59. The fourth-order valence-electron chi connectivity index (χ4n) is 3.43. The molecule has 0 saturated heterocycles. The van der Waals surface area contributed by atoms with Crippen LogP contribution in [0, 0.1) is 11.8 Å². The Morgan fingerprint density at radius 3 is 2.89 bits per heavy atom. The molecule has 0 spiro atoms. The molecule has 3 atom stereocenters. The third-order valence-electron chi connectivity index (χ3n) is 4.39. The van der Waals surface area contributed by atoms with E-state index in [1.807, 2.05) is 6.20 Å². The van der Waals surface area contributed by atoms with Crippen LogP contribution in [0.5, 0.6) is 0 Å². The minimum Gasteiger partial charge on any atom is -0.481 e. The van der Waals surface area contributed by atoms with Gasteiger partial charge in [0.25, 0.3) is 0 Å². The Morgan fingerprint density at radius 2 is 2.26 bits per heavy atom. The summed E-state index contributed by atoms with van der Waals surface area (Å²) in [6.07, 6.45) is 8.95. The van der Waals surface area contributed by atoms with Gasteiger partial charge in [-0.1, -0.05) is 19.8 Å². The number of rotatable bonds is 5. The van der Waals surface area contributed by atoms with Crippen LogP contribution in [-0.4, -0.2) is 20.6 Å². The summed E-state index contributed by atoms with van der Waals surface area (Å²) in [7, 11) is 0. The van der Waals surface area contributed by atoms with Crippen LogP contribution in [0.2, 0.25) is 0 Å². The summed E-state index contributed by atoms with van der Waals surface area (Å²) < 4.78 is 2.09. The molecule has 1 N–H and O–H groups in total. The minimum absolute atomic E-state index is 0.0812. The van der Waals surface area contributed by atoms with Gasteiger partial charge in [-0.15, -0.1) is 0 Å². The molecular formula is C15H24N2O2. The fourth-order valence-corrected chi connectivity index (χ4v) is 3.43. The van der Waals surface area contributed by atoms with Crippen LogP contribution in [0.1, 0.15) is 57.7 Å². The number of hydrogen-bond acceptors (Lipinski definition) is 2. The van der Waals surface area contributed by atoms with Crippen molar-refractivity contribution in [1.29, 1.82) is 0 Å². The lowest BCUT2D eigenvalue weighted by molar-refractivity contribution is -0.144. The van der Waals surface area contributed by atoms with E-state index >= 15 is 0 Å². The first-order valence-electron chi connectivity index (χ1n) is 7.41. The van der Waals surface area contributed by atoms with Crippen LogP contribution < -0.4 is 0 Å². The monoisotopic (exact) mass is 264 g/mol. The van der Waals surface area contributed by atoms with Crippen molar-refractivity contribution < 1.29 is 9.90 Å². The van der Waals surface area contributed by atoms with Gasteiger partial charge in [0.1, 0.15) is 5.82 Å². The van der Waals surface area contributed by atoms with E-state index in [1.165, 1.54) is 12.8 Å². The summed E-state index contributed by atoms with van der Waals surface area (Å²) >= 11 is 0. The standard InChI is InChI=1S/C15H24N2O2/c1-3-5-11-6-7-12(15(18)19)13(10-11)14-16-8-9-17(14)4-2/h8-9,11-13H,3-7,10H2,1-2H3,(H,18,19). The highest BCUT2D eigenvalue weighted by molar-refractivity contribution is 5.71. The lowest BCUT2D eigenvalue weighted by Gasteiger charge is -2.33. The Morgan fingerprint density at radius 1 is 1.47 bits per heavy atom. The number of carboxylic acids is 1. The first-order valence-corrected chi connectivity index (χ1v) is 7.41. The van der Waals surface area contributed by atoms with Gasteiger partial charge in [0.2, 0.25) is 0 Å². The molecule has 1 fully saturated rings. The predicted octanol–water partition coefficient (Wildman–Crippen LogP) is 3.29. The molecule has 1 aromatic rings. The molecule has 4 nitrogen and oxygen atoms in total. The molecule has 1 aromatic heterocycles. The van der Waals surface area contributed by atoms with Gasteiger partial charge in [0.05, 0.1) is 5.92 Å². The average molecular weight is 264 g/mol. The lowest BCUT2D eigenvalue weighted by atomic mass is 9.72. The molecular weight excluding hydrogens is 240 g/mol. The van der Waals surface area contributed by atoms with Crippen molar-refractivity contribution in [1.82, 2.24) is 9.55 Å². The van der Waals surface area contributed by atoms with E-state index in [0.29, 0.717) is 5.92 Å². The Hall–Kier alpha value is -1.32. The van der Waals surface area contributed by atoms with Gasteiger partial charge < -0.3 is 9.67 Å². The number of aliphatic carboxylic acids is 1. The molecule has 0 amide bonds. The number of aryl methyl sites for hydroxylation is 1. The van der Waals surface area contributed by atoms with Gasteiger partial charge in [0.15, 0.2) is 0 Å². The summed E-state index contributed by atoms with van der Waals surface area (Å²) in [6, 6.07) is 0. The SMILES string of the molecule is CCCC1CCC(C(=O)O)C(c2nccn2CC)C1. The van der Waals surface area contributed by atoms with Gasteiger partial charge in [-0.2, -0.15) is 0 Å². The zero-order valence-corrected chi connectivity index (χ0v) is 11.9. The Bertz CT molecular complexity index is 428. The Kier molecular flexibility index (Phi) is 4.61. The van der Waals surface area contributed by atoms with E-state index in [-0.39, 0.29) is 11.8 Å². The lowest BCUT2D eigenvalue weighted by Crippen LogP contribution is -2.31. The van der Waals surface area contributed by atoms with Gasteiger partial charge in [0, 0.05) is 24.9 Å². The van der Waals surface area contributed by atoms with Crippen molar-refractivity contribution >= 4 is 5.97 Å². The van der Waals surface area contributed by atoms with Crippen LogP contribution in [0.15, 0.2) is 12.4 Å². The van der Waals surface area contributed by atoms with E-state index in [4.69, 9.17) is 0 Å². The fraction of sp³-hybridized carbons (Fsp3) is 0.733. The first kappa shape index (κ1) is 14.1. The first-order chi connectivity index (χ1) is 9.17. The van der Waals surface area contributed by atoms with Gasteiger partial charge in [-0.25, -0.2) is 4.98 Å². The summed E-state index contributed by atoms with van der Waals surface area (Å²) in [6.45, 7) is 5.13. The van der Waals surface area contributed by atoms with Crippen LogP contribution in [0.4, 0.5) is 0 Å². The third kappa shape index (κ3) is 2.99. The molecule has 0 bridgehead atoms. The number of hydrogen-bond donors (Lipinski definition) is 1. The van der Waals surface area contributed by atoms with E-state index < -0.39 is 5.97 Å². The maximum atomic E-state index is 11.5. The van der Waals surface area contributed by atoms with Gasteiger partial charge in [-0.3, -0.25) is 4.79 Å². The summed E-state index contributed by atoms with van der Waals surface area (Å²) in [5.41, 5.74) is 0. The number of carbonyl (C=O) groups is 1. The second-order valence-electron chi connectivity index (χ2n) is 5.59. The molecule has 3 unspecified atom stereocenters. The molecule has 0 aromatic carbocycles. The van der Waals surface area contributed by atoms with Gasteiger partial charge in [-0.05, 0) is 32.1 Å². The molecule has 0 radical (unpaired) electrons. The highest BCUT2D eigenvalue weighted by Gasteiger charge is 2.37. The zero-order chi connectivity index (χ0) is 13.8. The number of carboxylic acid groups (broad SMARTS) is 1. The smallest absolute Gasteiger partial charge is 0.307 e. The highest BCUT2D eigenvalue weighted by Crippen LogP contribution is 2.41. The average Bonchev–Trinajstić information content (AvgIpc) is 2.86. The second kappa shape index (κ2) is 6.22. The third-order valence-corrected chi connectivity index (χ3v) is 4.39. The predicted molar refractivity (Wildman–Crippen MR) is 74.0 cm³/mol. The molecule has 1 heterocycles. The van der Waals surface area contributed by atoms with Crippen LogP contribution >= 0.6 is 0 Å². The van der Waals surface area contributed by atoms with Crippen LogP contribution in [0.25, 0.3) is 0 Å². The van der Waals surface area contributed by atoms with E-state index in [0.717, 1.165) is 31.6 Å². The number of aromatic nitrogens is 2. The van der Waals surface area contributed by atoms with Crippen LogP contribution in [0.3, 0.4) is 0 Å². The molecule has 19 heavy (non-hydrogen) atoms. The summed E-state index contributed by atoms with van der Waals surface area (Å²) in [4.78, 5) is 15.9. The molecule has 0 aliphatic heterocycles. The minimum atomic E-state index is -0.661. The van der Waals surface area contributed by atoms with E-state index in [2.05, 4.69) is 23.4 Å². The zero-order valence-electron chi connectivity index (χ0n) is 11.9. The number of nitrogens with zero attached hydrogens (tertiary/aromatic N) is 2. The quantitative estimate of drug-likeness (QED) is 0.887. The topological polar surface area (TPSA) is 55.1 Å². The van der Waals surface area contributed by atoms with Crippen molar-refractivity contribution in [3.63, 3.8) is 0 Å². The number of imidazole rings is 1. The van der Waals surface area contributed by atoms with Crippen LogP contribution in [-0.2, 0) is 11.3 Å². The van der Waals surface area contributed by atoms with E-state index in [1.54, 1.807) is 6.20 Å². The molecule has 1 saturated carbocycles. The Labute approximate surface area is 114 Å². The highest BCUT2D eigenvalue weighted by atomic mass is 16.4. The van der Waals surface area contributed by atoms with Crippen molar-refractivity contribution in [3.8, 4) is 0 Å². The normalized spacial score (nSPS) is 27.4. The molecule has 106 valence electrons. The molecule has 1 aliphatic rings. The summed E-state index contributed by atoms with van der Waals surface area (Å²) in [5, 5.41) is 9.45. The molecule has 1 aliphatic carbocycles. The van der Waals surface area contributed by atoms with E-state index in [9.17, 15) is 9.90 Å². The Balaban J connectivity index is 2.22. The van der Waals surface area contributed by atoms with Crippen molar-refractivity contribution in [3.05, 3.63) is 18.2 Å². The maximum absolute atomic E-state index is 11.5. The van der Waals surface area contributed by atoms with Crippen molar-refractivity contribution in [2.24, 2.45) is 11.8 Å². The molecule has 4 heteroatoms. The maximum Gasteiger partial charge on any atom is 0.307 e. The molecule has 2 rings (SSSR count).